The molecule has 0 saturated carbocycles. The molecule has 2 nitrogen and oxygen atoms in total. The van der Waals surface area contributed by atoms with E-state index in [4.69, 9.17) is 5.84 Å². The SMILES string of the molecule is NN1Sc2c(c3ccc2cc3)S1. The van der Waals surface area contributed by atoms with Gasteiger partial charge in [0.2, 0.25) is 0 Å². The predicted molar refractivity (Wildman–Crippen MR) is 52.9 cm³/mol. The Balaban J connectivity index is 2.38. The van der Waals surface area contributed by atoms with E-state index >= 15 is 0 Å². The molecule has 2 N–H and O–H groups in total. The summed E-state index contributed by atoms with van der Waals surface area (Å²) in [6.07, 6.45) is 0. The molecule has 0 aromatic heterocycles. The molecule has 0 fully saturated rings. The lowest BCUT2D eigenvalue weighted by Gasteiger charge is -2.03. The molecule has 0 radical (unpaired) electrons. The summed E-state index contributed by atoms with van der Waals surface area (Å²) in [5, 5.41) is 2.57. The summed E-state index contributed by atoms with van der Waals surface area (Å²) in [6, 6.07) is 8.56. The molecule has 1 aliphatic heterocycles. The lowest BCUT2D eigenvalue weighted by atomic mass is 10.1. The summed E-state index contributed by atoms with van der Waals surface area (Å²) in [4.78, 5) is 2.62. The van der Waals surface area contributed by atoms with E-state index in [1.807, 2.05) is 0 Å². The first kappa shape index (κ1) is 7.03. The molecule has 0 spiro atoms. The number of nitrogens with zero attached hydrogens (tertiary/aromatic N) is 1. The standard InChI is InChI=1S/C8H6N2S2/c9-10-11-7-5-1-2-6(4-3-5)8(7)12-10/h1-4H,9H2. The largest absolute Gasteiger partial charge is 0.248 e. The molecule has 0 saturated heterocycles. The van der Waals surface area contributed by atoms with Crippen LogP contribution in [-0.2, 0) is 0 Å². The minimum Gasteiger partial charge on any atom is -0.248 e. The van der Waals surface area contributed by atoms with Crippen molar-refractivity contribution in [1.82, 2.24) is 3.82 Å². The molecule has 1 aliphatic rings. The number of benzene rings is 3. The first-order valence-corrected chi connectivity index (χ1v) is 5.15. The zero-order chi connectivity index (χ0) is 8.13. The fraction of sp³-hybridized carbons (Fsp3) is 0. The van der Waals surface area contributed by atoms with Gasteiger partial charge in [-0.25, -0.2) is 5.84 Å². The Kier molecular flexibility index (Phi) is 1.34. The minimum atomic E-state index is 1.28. The van der Waals surface area contributed by atoms with Crippen LogP contribution < -0.4 is 5.84 Å². The zero-order valence-electron chi connectivity index (χ0n) is 6.15. The molecule has 0 aliphatic carbocycles. The molecule has 4 heteroatoms. The molecular formula is C8H6N2S2. The van der Waals surface area contributed by atoms with Crippen LogP contribution in [0.1, 0.15) is 0 Å². The minimum absolute atomic E-state index is 1.28. The highest BCUT2D eigenvalue weighted by Crippen LogP contribution is 2.49. The number of hydrogen-bond donors (Lipinski definition) is 1. The van der Waals surface area contributed by atoms with Gasteiger partial charge in [0.15, 0.2) is 0 Å². The van der Waals surface area contributed by atoms with Crippen LogP contribution in [0.4, 0.5) is 0 Å². The number of nitrogens with two attached hydrogens (primary N) is 1. The second kappa shape index (κ2) is 2.29. The van der Waals surface area contributed by atoms with E-state index < -0.39 is 0 Å². The van der Waals surface area contributed by atoms with Gasteiger partial charge in [0.1, 0.15) is 0 Å². The zero-order valence-corrected chi connectivity index (χ0v) is 7.78. The first-order chi connectivity index (χ1) is 5.84. The van der Waals surface area contributed by atoms with Gasteiger partial charge in [-0.3, -0.25) is 0 Å². The van der Waals surface area contributed by atoms with Crippen LogP contribution in [0.5, 0.6) is 0 Å². The van der Waals surface area contributed by atoms with Gasteiger partial charge in [0.05, 0.1) is 0 Å². The summed E-state index contributed by atoms with van der Waals surface area (Å²) in [5.41, 5.74) is 0. The highest BCUT2D eigenvalue weighted by molar-refractivity contribution is 8.14. The van der Waals surface area contributed by atoms with Crippen LogP contribution in [0.2, 0.25) is 0 Å². The van der Waals surface area contributed by atoms with Crippen molar-refractivity contribution in [2.75, 3.05) is 0 Å². The number of hydrogen-bond acceptors (Lipinski definition) is 4. The monoisotopic (exact) mass is 194 g/mol. The molecule has 4 rings (SSSR count). The molecule has 1 heterocycles. The number of fused-ring (bicyclic) bond motifs is 2. The van der Waals surface area contributed by atoms with Crippen LogP contribution in [-0.4, -0.2) is 3.82 Å². The van der Waals surface area contributed by atoms with E-state index in [-0.39, 0.29) is 0 Å². The highest BCUT2D eigenvalue weighted by atomic mass is 32.2. The molecular weight excluding hydrogens is 188 g/mol. The van der Waals surface area contributed by atoms with Gasteiger partial charge in [0, 0.05) is 9.79 Å². The second-order valence-electron chi connectivity index (χ2n) is 2.70. The van der Waals surface area contributed by atoms with Gasteiger partial charge >= 0.3 is 0 Å². The fourth-order valence-corrected chi connectivity index (χ4v) is 3.49. The van der Waals surface area contributed by atoms with Crippen LogP contribution >= 0.6 is 23.9 Å². The van der Waals surface area contributed by atoms with E-state index in [0.29, 0.717) is 0 Å². The molecule has 0 unspecified atom stereocenters. The summed E-state index contributed by atoms with van der Waals surface area (Å²) in [7, 11) is 0. The maximum absolute atomic E-state index is 5.68. The molecule has 3 aromatic carbocycles. The van der Waals surface area contributed by atoms with Crippen molar-refractivity contribution < 1.29 is 0 Å². The quantitative estimate of drug-likeness (QED) is 0.515. The second-order valence-corrected chi connectivity index (χ2v) is 4.90. The topological polar surface area (TPSA) is 29.3 Å². The molecule has 3 aromatic rings. The van der Waals surface area contributed by atoms with Crippen molar-refractivity contribution >= 4 is 34.7 Å². The van der Waals surface area contributed by atoms with Crippen LogP contribution in [0.3, 0.4) is 0 Å². The van der Waals surface area contributed by atoms with Crippen LogP contribution in [0.15, 0.2) is 34.1 Å². The van der Waals surface area contributed by atoms with Crippen molar-refractivity contribution in [3.63, 3.8) is 0 Å². The Morgan fingerprint density at radius 2 is 1.33 bits per heavy atom. The van der Waals surface area contributed by atoms with Gasteiger partial charge in [0.25, 0.3) is 0 Å². The average molecular weight is 194 g/mol. The first-order valence-electron chi connectivity index (χ1n) is 3.60. The summed E-state index contributed by atoms with van der Waals surface area (Å²) in [5.74, 6) is 5.68. The van der Waals surface area contributed by atoms with Crippen molar-refractivity contribution in [3.05, 3.63) is 24.3 Å². The van der Waals surface area contributed by atoms with Crippen molar-refractivity contribution in [3.8, 4) is 0 Å². The molecule has 0 amide bonds. The Labute approximate surface area is 78.7 Å². The maximum Gasteiger partial charge on any atom is 0.0480 e. The van der Waals surface area contributed by atoms with E-state index in [1.165, 1.54) is 20.6 Å². The highest BCUT2D eigenvalue weighted by Gasteiger charge is 2.22. The van der Waals surface area contributed by atoms with Gasteiger partial charge in [-0.1, -0.05) is 24.3 Å². The fourth-order valence-electron chi connectivity index (χ4n) is 1.42. The third-order valence-corrected chi connectivity index (χ3v) is 4.16. The van der Waals surface area contributed by atoms with Crippen molar-refractivity contribution in [1.29, 1.82) is 0 Å². The Hall–Kier alpha value is -0.420. The Morgan fingerprint density at radius 3 is 1.75 bits per heavy atom. The third-order valence-electron chi connectivity index (χ3n) is 1.98. The van der Waals surface area contributed by atoms with Gasteiger partial charge < -0.3 is 0 Å². The summed E-state index contributed by atoms with van der Waals surface area (Å²) in [6.45, 7) is 0. The third kappa shape index (κ3) is 0.806. The van der Waals surface area contributed by atoms with Crippen LogP contribution in [0.25, 0.3) is 10.8 Å². The number of hydrazine groups is 1. The Bertz CT molecular complexity index is 370. The van der Waals surface area contributed by atoms with Gasteiger partial charge in [-0.2, -0.15) is 0 Å². The molecule has 0 atom stereocenters. The maximum atomic E-state index is 5.68. The van der Waals surface area contributed by atoms with Gasteiger partial charge in [-0.15, -0.1) is 3.82 Å². The number of rotatable bonds is 0. The van der Waals surface area contributed by atoms with E-state index in [1.54, 1.807) is 27.7 Å². The molecule has 60 valence electrons. The lowest BCUT2D eigenvalue weighted by Crippen LogP contribution is -2.09. The molecule has 12 heavy (non-hydrogen) atoms. The lowest BCUT2D eigenvalue weighted by molar-refractivity contribution is 0.828. The smallest absolute Gasteiger partial charge is 0.0480 e. The van der Waals surface area contributed by atoms with E-state index in [9.17, 15) is 0 Å². The van der Waals surface area contributed by atoms with E-state index in [0.717, 1.165) is 0 Å². The Morgan fingerprint density at radius 1 is 0.917 bits per heavy atom. The van der Waals surface area contributed by atoms with Crippen molar-refractivity contribution in [2.45, 2.75) is 9.79 Å². The predicted octanol–water partition coefficient (Wildman–Crippen LogP) is 2.48. The van der Waals surface area contributed by atoms with Gasteiger partial charge in [-0.05, 0) is 34.7 Å². The average Bonchev–Trinajstić information content (AvgIpc) is 2.49. The van der Waals surface area contributed by atoms with E-state index in [2.05, 4.69) is 24.3 Å². The summed E-state index contributed by atoms with van der Waals surface area (Å²) >= 11 is 3.21. The van der Waals surface area contributed by atoms with Crippen molar-refractivity contribution in [2.24, 2.45) is 5.84 Å². The normalized spacial score (nSPS) is 17.4. The summed E-state index contributed by atoms with van der Waals surface area (Å²) < 4.78 is 1.70. The van der Waals surface area contributed by atoms with Crippen LogP contribution in [0, 0.1) is 0 Å². The molecule has 2 bridgehead atoms.